The lowest BCUT2D eigenvalue weighted by molar-refractivity contribution is 0.392. The van der Waals surface area contributed by atoms with Gasteiger partial charge in [-0.05, 0) is 25.1 Å². The molecule has 2 unspecified atom stereocenters. The third-order valence-electron chi connectivity index (χ3n) is 3.01. The summed E-state index contributed by atoms with van der Waals surface area (Å²) in [5.41, 5.74) is 1.05. The largest absolute Gasteiger partial charge is 0.497 e. The lowest BCUT2D eigenvalue weighted by Gasteiger charge is -2.18. The van der Waals surface area contributed by atoms with Crippen molar-refractivity contribution in [1.29, 1.82) is 0 Å². The minimum Gasteiger partial charge on any atom is -0.497 e. The molecule has 4 nitrogen and oxygen atoms in total. The van der Waals surface area contributed by atoms with E-state index in [0.717, 1.165) is 23.6 Å². The van der Waals surface area contributed by atoms with E-state index in [-0.39, 0.29) is 6.04 Å². The van der Waals surface area contributed by atoms with Crippen LogP contribution in [0.25, 0.3) is 0 Å². The van der Waals surface area contributed by atoms with Crippen LogP contribution in [0, 0.1) is 0 Å². The number of hydrogen-bond donors (Lipinski definition) is 1. The van der Waals surface area contributed by atoms with E-state index in [4.69, 9.17) is 9.47 Å². The summed E-state index contributed by atoms with van der Waals surface area (Å²) in [7, 11) is 2.57. The molecule has 0 saturated carbocycles. The highest BCUT2D eigenvalue weighted by atomic mass is 32.2. The molecule has 0 heterocycles. The molecule has 108 valence electrons. The van der Waals surface area contributed by atoms with Crippen LogP contribution in [-0.2, 0) is 10.8 Å². The zero-order valence-corrected chi connectivity index (χ0v) is 12.9. The molecule has 1 rings (SSSR count). The van der Waals surface area contributed by atoms with Gasteiger partial charge in [-0.3, -0.25) is 4.21 Å². The van der Waals surface area contributed by atoms with Crippen molar-refractivity contribution in [1.82, 2.24) is 5.32 Å². The number of methoxy groups -OCH3 is 2. The van der Waals surface area contributed by atoms with Gasteiger partial charge in [0.1, 0.15) is 11.5 Å². The highest BCUT2D eigenvalue weighted by Crippen LogP contribution is 2.28. The lowest BCUT2D eigenvalue weighted by atomic mass is 10.1. The first kappa shape index (κ1) is 16.0. The molecule has 1 aromatic carbocycles. The molecule has 0 aliphatic heterocycles. The van der Waals surface area contributed by atoms with Crippen molar-refractivity contribution in [3.05, 3.63) is 23.8 Å². The fourth-order valence-electron chi connectivity index (χ4n) is 1.82. The summed E-state index contributed by atoms with van der Waals surface area (Å²) in [5.74, 6) is 3.02. The van der Waals surface area contributed by atoms with Crippen molar-refractivity contribution >= 4 is 10.8 Å². The Hall–Kier alpha value is -1.07. The van der Waals surface area contributed by atoms with Gasteiger partial charge in [-0.25, -0.2) is 0 Å². The monoisotopic (exact) mass is 285 g/mol. The molecule has 0 radical (unpaired) electrons. The number of rotatable bonds is 8. The predicted molar refractivity (Wildman–Crippen MR) is 79.5 cm³/mol. The Morgan fingerprint density at radius 3 is 2.63 bits per heavy atom. The summed E-state index contributed by atoms with van der Waals surface area (Å²) in [6.07, 6.45) is 0. The molecule has 0 aromatic heterocycles. The van der Waals surface area contributed by atoms with Gasteiger partial charge in [-0.1, -0.05) is 6.92 Å². The number of ether oxygens (including phenoxy) is 2. The summed E-state index contributed by atoms with van der Waals surface area (Å²) in [6.45, 7) is 4.72. The van der Waals surface area contributed by atoms with Crippen molar-refractivity contribution in [2.24, 2.45) is 0 Å². The fraction of sp³-hybridized carbons (Fsp3) is 0.571. The van der Waals surface area contributed by atoms with Gasteiger partial charge in [0, 0.05) is 40.5 Å². The summed E-state index contributed by atoms with van der Waals surface area (Å²) in [5, 5.41) is 3.36. The molecule has 19 heavy (non-hydrogen) atoms. The van der Waals surface area contributed by atoms with Gasteiger partial charge in [0.2, 0.25) is 0 Å². The standard InChI is InChI=1S/C14H23NO3S/c1-5-19(16)9-8-15-11(2)13-10-12(17-3)6-7-14(13)18-4/h6-7,10-11,15H,5,8-9H2,1-4H3. The zero-order valence-electron chi connectivity index (χ0n) is 12.1. The van der Waals surface area contributed by atoms with Gasteiger partial charge in [-0.2, -0.15) is 0 Å². The van der Waals surface area contributed by atoms with Crippen LogP contribution in [0.1, 0.15) is 25.5 Å². The van der Waals surface area contributed by atoms with Crippen LogP contribution < -0.4 is 14.8 Å². The molecule has 2 atom stereocenters. The van der Waals surface area contributed by atoms with Crippen molar-refractivity contribution in [2.45, 2.75) is 19.9 Å². The Bertz CT molecular complexity index is 423. The lowest BCUT2D eigenvalue weighted by Crippen LogP contribution is -2.24. The highest BCUT2D eigenvalue weighted by Gasteiger charge is 2.12. The normalized spacial score (nSPS) is 13.9. The minimum atomic E-state index is -0.731. The Balaban J connectivity index is 2.69. The molecule has 0 amide bonds. The van der Waals surface area contributed by atoms with Gasteiger partial charge < -0.3 is 14.8 Å². The second-order valence-electron chi connectivity index (χ2n) is 4.22. The van der Waals surface area contributed by atoms with Crippen LogP contribution in [0.3, 0.4) is 0 Å². The van der Waals surface area contributed by atoms with Gasteiger partial charge in [0.15, 0.2) is 0 Å². The van der Waals surface area contributed by atoms with E-state index in [2.05, 4.69) is 12.2 Å². The average Bonchev–Trinajstić information content (AvgIpc) is 2.45. The molecule has 0 spiro atoms. The molecule has 0 saturated heterocycles. The molecule has 1 N–H and O–H groups in total. The minimum absolute atomic E-state index is 0.124. The molecule has 5 heteroatoms. The van der Waals surface area contributed by atoms with E-state index in [1.165, 1.54) is 0 Å². The highest BCUT2D eigenvalue weighted by molar-refractivity contribution is 7.84. The maximum Gasteiger partial charge on any atom is 0.123 e. The molecular weight excluding hydrogens is 262 g/mol. The number of benzene rings is 1. The van der Waals surface area contributed by atoms with Crippen molar-refractivity contribution in [3.63, 3.8) is 0 Å². The second kappa shape index (κ2) is 8.17. The SMILES string of the molecule is CCS(=O)CCNC(C)c1cc(OC)ccc1OC. The summed E-state index contributed by atoms with van der Waals surface area (Å²) in [6, 6.07) is 5.87. The maximum atomic E-state index is 11.4. The zero-order chi connectivity index (χ0) is 14.3. The van der Waals surface area contributed by atoms with Gasteiger partial charge >= 0.3 is 0 Å². The van der Waals surface area contributed by atoms with Gasteiger partial charge in [0.25, 0.3) is 0 Å². The third-order valence-corrected chi connectivity index (χ3v) is 4.31. The number of nitrogens with one attached hydrogen (secondary N) is 1. The van der Waals surface area contributed by atoms with Crippen molar-refractivity contribution < 1.29 is 13.7 Å². The third kappa shape index (κ3) is 4.84. The summed E-state index contributed by atoms with van der Waals surface area (Å²) >= 11 is 0. The first-order chi connectivity index (χ1) is 9.12. The van der Waals surface area contributed by atoms with Crippen LogP contribution in [0.4, 0.5) is 0 Å². The average molecular weight is 285 g/mol. The first-order valence-corrected chi connectivity index (χ1v) is 7.91. The van der Waals surface area contributed by atoms with Gasteiger partial charge in [-0.15, -0.1) is 0 Å². The Kier molecular flexibility index (Phi) is 6.87. The summed E-state index contributed by atoms with van der Waals surface area (Å²) in [4.78, 5) is 0. The molecule has 0 aliphatic rings. The van der Waals surface area contributed by atoms with E-state index in [1.54, 1.807) is 14.2 Å². The van der Waals surface area contributed by atoms with Crippen molar-refractivity contribution in [3.8, 4) is 11.5 Å². The quantitative estimate of drug-likeness (QED) is 0.795. The van der Waals surface area contributed by atoms with E-state index >= 15 is 0 Å². The molecule has 0 aliphatic carbocycles. The van der Waals surface area contributed by atoms with Crippen molar-refractivity contribution in [2.75, 3.05) is 32.3 Å². The molecule has 0 bridgehead atoms. The summed E-state index contributed by atoms with van der Waals surface area (Å²) < 4.78 is 22.0. The van der Waals surface area contributed by atoms with E-state index in [1.807, 2.05) is 25.1 Å². The van der Waals surface area contributed by atoms with Crippen LogP contribution in [0.2, 0.25) is 0 Å². The van der Waals surface area contributed by atoms with Crippen LogP contribution in [0.5, 0.6) is 11.5 Å². The number of hydrogen-bond acceptors (Lipinski definition) is 4. The van der Waals surface area contributed by atoms with Crippen LogP contribution in [-0.4, -0.2) is 36.5 Å². The predicted octanol–water partition coefficient (Wildman–Crippen LogP) is 2.12. The topological polar surface area (TPSA) is 47.6 Å². The van der Waals surface area contributed by atoms with E-state index < -0.39 is 10.8 Å². The first-order valence-electron chi connectivity index (χ1n) is 6.42. The maximum absolute atomic E-state index is 11.4. The second-order valence-corrected chi connectivity index (χ2v) is 6.08. The molecule has 0 fully saturated rings. The van der Waals surface area contributed by atoms with Crippen LogP contribution >= 0.6 is 0 Å². The van der Waals surface area contributed by atoms with E-state index in [9.17, 15) is 4.21 Å². The Labute approximate surface area is 118 Å². The fourth-order valence-corrected chi connectivity index (χ4v) is 2.46. The van der Waals surface area contributed by atoms with Gasteiger partial charge in [0.05, 0.1) is 14.2 Å². The van der Waals surface area contributed by atoms with Crippen LogP contribution in [0.15, 0.2) is 18.2 Å². The smallest absolute Gasteiger partial charge is 0.123 e. The molecule has 1 aromatic rings. The molecular formula is C14H23NO3S. The van der Waals surface area contributed by atoms with E-state index in [0.29, 0.717) is 11.5 Å². The Morgan fingerprint density at radius 2 is 2.05 bits per heavy atom. The Morgan fingerprint density at radius 1 is 1.32 bits per heavy atom.